The van der Waals surface area contributed by atoms with Crippen molar-refractivity contribution in [2.24, 2.45) is 0 Å². The van der Waals surface area contributed by atoms with E-state index in [0.29, 0.717) is 11.0 Å². The Hall–Kier alpha value is -6.04. The second-order valence-corrected chi connectivity index (χ2v) is 12.4. The molecule has 0 bridgehead atoms. The number of hydrogen-bond acceptors (Lipinski definition) is 2. The zero-order valence-electron chi connectivity index (χ0n) is 26.0. The van der Waals surface area contributed by atoms with E-state index in [1.807, 2.05) is 12.1 Å². The van der Waals surface area contributed by atoms with Crippen LogP contribution in [-0.2, 0) is 6.42 Å². The van der Waals surface area contributed by atoms with Crippen molar-refractivity contribution in [2.75, 3.05) is 0 Å². The third kappa shape index (κ3) is 3.89. The van der Waals surface area contributed by atoms with Crippen molar-refractivity contribution in [3.63, 3.8) is 0 Å². The van der Waals surface area contributed by atoms with Gasteiger partial charge in [-0.2, -0.15) is 0 Å². The molecule has 6 aromatic carbocycles. The van der Waals surface area contributed by atoms with Crippen LogP contribution in [0.15, 0.2) is 150 Å². The van der Waals surface area contributed by atoms with Crippen LogP contribution >= 0.6 is 0 Å². The minimum atomic E-state index is 0.671. The molecule has 3 aromatic heterocycles. The Morgan fingerprint density at radius 3 is 2.10 bits per heavy atom. The number of rotatable bonds is 4. The standard InChI is InChI=1S/C43H28BN2O2/c47-44-36-18-9-16-32-33-17-10-22-41(43(33)48-42(32)36)46-38-20-7-5-15-31(38)34-25-27(11-8-21-39(34)46)28-23-24-40-35(26-28)30-14-4-6-19-37(30)45(40)29-12-2-1-3-13-29/h1-20,22-26,47H,21H2. The van der Waals surface area contributed by atoms with E-state index in [9.17, 15) is 5.02 Å². The van der Waals surface area contributed by atoms with Crippen LogP contribution in [0.5, 0.6) is 0 Å². The Bertz CT molecular complexity index is 2800. The molecule has 1 aliphatic rings. The van der Waals surface area contributed by atoms with E-state index < -0.39 is 0 Å². The highest BCUT2D eigenvalue weighted by Gasteiger charge is 2.22. The molecule has 0 fully saturated rings. The smallest absolute Gasteiger partial charge is 0.330 e. The highest BCUT2D eigenvalue weighted by molar-refractivity contribution is 6.50. The van der Waals surface area contributed by atoms with Gasteiger partial charge in [0.1, 0.15) is 5.58 Å². The molecular formula is C43H28BN2O2. The van der Waals surface area contributed by atoms with Gasteiger partial charge in [-0.05, 0) is 65.1 Å². The fraction of sp³-hybridized carbons (Fsp3) is 0.0233. The molecule has 0 atom stereocenters. The molecule has 10 rings (SSSR count). The molecule has 0 aliphatic heterocycles. The van der Waals surface area contributed by atoms with E-state index in [-0.39, 0.29) is 0 Å². The van der Waals surface area contributed by atoms with Crippen LogP contribution in [0, 0.1) is 0 Å². The summed E-state index contributed by atoms with van der Waals surface area (Å²) in [7, 11) is 1.12. The molecule has 48 heavy (non-hydrogen) atoms. The van der Waals surface area contributed by atoms with Crippen LogP contribution in [0.25, 0.3) is 77.7 Å². The van der Waals surface area contributed by atoms with Crippen molar-refractivity contribution in [3.05, 3.63) is 162 Å². The third-order valence-electron chi connectivity index (χ3n) is 9.86. The van der Waals surface area contributed by atoms with Crippen LogP contribution in [-0.4, -0.2) is 21.6 Å². The van der Waals surface area contributed by atoms with Gasteiger partial charge in [0.05, 0.1) is 22.2 Å². The van der Waals surface area contributed by atoms with E-state index >= 15 is 0 Å². The van der Waals surface area contributed by atoms with E-state index in [2.05, 4.69) is 149 Å². The fourth-order valence-electron chi connectivity index (χ4n) is 7.75. The molecule has 0 saturated carbocycles. The quantitative estimate of drug-likeness (QED) is 0.201. The molecule has 9 aromatic rings. The zero-order chi connectivity index (χ0) is 31.8. The van der Waals surface area contributed by atoms with Crippen molar-refractivity contribution in [3.8, 4) is 11.4 Å². The second-order valence-electron chi connectivity index (χ2n) is 12.4. The molecular weight excluding hydrogens is 587 g/mol. The number of allylic oxidation sites excluding steroid dienone is 3. The van der Waals surface area contributed by atoms with Crippen LogP contribution < -0.4 is 5.46 Å². The first-order valence-corrected chi connectivity index (χ1v) is 16.3. The molecule has 4 nitrogen and oxygen atoms in total. The van der Waals surface area contributed by atoms with Gasteiger partial charge in [0.15, 0.2) is 5.58 Å². The Kier molecular flexibility index (Phi) is 5.93. The summed E-state index contributed by atoms with van der Waals surface area (Å²) in [6.45, 7) is 0. The van der Waals surface area contributed by atoms with Gasteiger partial charge in [-0.15, -0.1) is 0 Å². The Morgan fingerprint density at radius 2 is 1.27 bits per heavy atom. The number of nitrogens with zero attached hydrogens (tertiary/aromatic N) is 2. The Morgan fingerprint density at radius 1 is 0.583 bits per heavy atom. The van der Waals surface area contributed by atoms with E-state index in [4.69, 9.17) is 4.42 Å². The summed E-state index contributed by atoms with van der Waals surface area (Å²) in [5, 5.41) is 15.6. The average Bonchev–Trinajstić information content (AvgIpc) is 3.73. The van der Waals surface area contributed by atoms with E-state index in [1.54, 1.807) is 0 Å². The lowest BCUT2D eigenvalue weighted by molar-refractivity contribution is 0.613. The number of para-hydroxylation sites is 5. The topological polar surface area (TPSA) is 43.2 Å². The maximum Gasteiger partial charge on any atom is 0.330 e. The van der Waals surface area contributed by atoms with Gasteiger partial charge in [-0.3, -0.25) is 0 Å². The molecule has 1 aliphatic carbocycles. The van der Waals surface area contributed by atoms with Gasteiger partial charge in [-0.1, -0.05) is 103 Å². The summed E-state index contributed by atoms with van der Waals surface area (Å²) in [6, 6.07) is 47.0. The van der Waals surface area contributed by atoms with Crippen LogP contribution in [0.1, 0.15) is 16.8 Å². The monoisotopic (exact) mass is 615 g/mol. The largest absolute Gasteiger partial charge is 0.454 e. The van der Waals surface area contributed by atoms with Gasteiger partial charge < -0.3 is 18.6 Å². The molecule has 5 heteroatoms. The number of furan rings is 1. The average molecular weight is 616 g/mol. The maximum atomic E-state index is 9.92. The summed E-state index contributed by atoms with van der Waals surface area (Å²) in [5.41, 5.74) is 12.7. The molecule has 3 heterocycles. The van der Waals surface area contributed by atoms with Crippen molar-refractivity contribution < 1.29 is 9.44 Å². The first-order valence-electron chi connectivity index (χ1n) is 16.3. The highest BCUT2D eigenvalue weighted by Crippen LogP contribution is 2.40. The van der Waals surface area contributed by atoms with Crippen molar-refractivity contribution in [1.82, 2.24) is 9.13 Å². The maximum absolute atomic E-state index is 9.92. The molecule has 0 amide bonds. The molecule has 1 radical (unpaired) electrons. The summed E-state index contributed by atoms with van der Waals surface area (Å²) in [6.07, 6.45) is 7.67. The first-order chi connectivity index (χ1) is 23.8. The molecule has 1 N–H and O–H groups in total. The normalized spacial score (nSPS) is 13.1. The molecule has 225 valence electrons. The predicted molar refractivity (Wildman–Crippen MR) is 200 cm³/mol. The highest BCUT2D eigenvalue weighted by atomic mass is 16.3. The van der Waals surface area contributed by atoms with Gasteiger partial charge in [0.2, 0.25) is 0 Å². The van der Waals surface area contributed by atoms with E-state index in [0.717, 1.165) is 47.2 Å². The summed E-state index contributed by atoms with van der Waals surface area (Å²) in [5.74, 6) is 0. The third-order valence-corrected chi connectivity index (χ3v) is 9.86. The number of benzene rings is 6. The van der Waals surface area contributed by atoms with Crippen LogP contribution in [0.4, 0.5) is 0 Å². The SMILES string of the molecule is O[B]c1cccc2c1oc1c(-n3c4c(c5ccccc53)C=C(c3ccc5c(c3)c3ccccc3n5-c3ccccc3)C=CC4)cccc12. The van der Waals surface area contributed by atoms with E-state index in [1.165, 1.54) is 49.6 Å². The van der Waals surface area contributed by atoms with Crippen molar-refractivity contribution in [1.29, 1.82) is 0 Å². The van der Waals surface area contributed by atoms with Gasteiger partial charge in [0.25, 0.3) is 0 Å². The Balaban J connectivity index is 1.19. The first kappa shape index (κ1) is 27.1. The number of aromatic nitrogens is 2. The lowest BCUT2D eigenvalue weighted by Gasteiger charge is -2.11. The fourth-order valence-corrected chi connectivity index (χ4v) is 7.75. The molecule has 0 saturated heterocycles. The van der Waals surface area contributed by atoms with Gasteiger partial charge in [-0.25, -0.2) is 0 Å². The van der Waals surface area contributed by atoms with Gasteiger partial charge in [0, 0.05) is 50.3 Å². The summed E-state index contributed by atoms with van der Waals surface area (Å²) < 4.78 is 11.3. The van der Waals surface area contributed by atoms with Crippen LogP contribution in [0.2, 0.25) is 0 Å². The second kappa shape index (κ2) is 10.5. The lowest BCUT2D eigenvalue weighted by atomic mass is 9.87. The number of hydrogen-bond donors (Lipinski definition) is 1. The van der Waals surface area contributed by atoms with Crippen molar-refractivity contribution >= 4 is 79.2 Å². The van der Waals surface area contributed by atoms with Gasteiger partial charge >= 0.3 is 7.48 Å². The summed E-state index contributed by atoms with van der Waals surface area (Å²) >= 11 is 0. The van der Waals surface area contributed by atoms with Crippen LogP contribution in [0.3, 0.4) is 0 Å². The minimum absolute atomic E-state index is 0.671. The number of fused-ring (bicyclic) bond motifs is 9. The minimum Gasteiger partial charge on any atom is -0.454 e. The predicted octanol–water partition coefficient (Wildman–Crippen LogP) is 9.52. The zero-order valence-corrected chi connectivity index (χ0v) is 26.0. The molecule has 0 unspecified atom stereocenters. The van der Waals surface area contributed by atoms with Crippen molar-refractivity contribution in [2.45, 2.75) is 6.42 Å². The lowest BCUT2D eigenvalue weighted by Crippen LogP contribution is -2.13. The summed E-state index contributed by atoms with van der Waals surface area (Å²) in [4.78, 5) is 0. The molecule has 0 spiro atoms. The Labute approximate surface area is 277 Å².